The molecule has 1 fully saturated rings. The Labute approximate surface area is 128 Å². The number of nitrogens with two attached hydrogens (primary N) is 1. The first-order valence-electron chi connectivity index (χ1n) is 6.86. The lowest BCUT2D eigenvalue weighted by molar-refractivity contribution is -0.119. The molecule has 3 amide bonds. The summed E-state index contributed by atoms with van der Waals surface area (Å²) in [5, 5.41) is 6.25. The van der Waals surface area contributed by atoms with Crippen molar-refractivity contribution in [1.29, 1.82) is 0 Å². The average Bonchev–Trinajstić information content (AvgIpc) is 2.40. The minimum atomic E-state index is -0.319. The van der Waals surface area contributed by atoms with Crippen molar-refractivity contribution >= 4 is 29.2 Å². The largest absolute Gasteiger partial charge is 0.369 e. The number of hydrogen-bond acceptors (Lipinski definition) is 3. The Hall–Kier alpha value is -1.79. The van der Waals surface area contributed by atoms with Crippen molar-refractivity contribution in [1.82, 2.24) is 10.2 Å². The number of urea groups is 1. The van der Waals surface area contributed by atoms with Crippen LogP contribution in [0.25, 0.3) is 0 Å². The fourth-order valence-corrected chi connectivity index (χ4v) is 2.56. The summed E-state index contributed by atoms with van der Waals surface area (Å²) < 4.78 is 0. The number of benzene rings is 1. The number of halogens is 1. The predicted octanol–water partition coefficient (Wildman–Crippen LogP) is 1.41. The van der Waals surface area contributed by atoms with Crippen LogP contribution in [0.1, 0.15) is 12.8 Å². The molecule has 0 aromatic heterocycles. The van der Waals surface area contributed by atoms with Crippen molar-refractivity contribution in [2.75, 3.05) is 25.0 Å². The van der Waals surface area contributed by atoms with Gasteiger partial charge in [-0.05, 0) is 31.0 Å². The van der Waals surface area contributed by atoms with Crippen LogP contribution in [0.15, 0.2) is 24.3 Å². The van der Waals surface area contributed by atoms with Crippen LogP contribution in [0.3, 0.4) is 0 Å². The van der Waals surface area contributed by atoms with E-state index in [1.165, 1.54) is 0 Å². The highest BCUT2D eigenvalue weighted by atomic mass is 35.5. The molecule has 0 atom stereocenters. The minimum Gasteiger partial charge on any atom is -0.369 e. The molecule has 0 unspecified atom stereocenters. The van der Waals surface area contributed by atoms with Crippen molar-refractivity contribution < 1.29 is 9.59 Å². The number of primary amides is 1. The van der Waals surface area contributed by atoms with Gasteiger partial charge < -0.3 is 16.4 Å². The Morgan fingerprint density at radius 2 is 2.05 bits per heavy atom. The molecule has 4 N–H and O–H groups in total. The number of carbonyl (C=O) groups excluding carboxylic acids is 2. The molecule has 21 heavy (non-hydrogen) atoms. The van der Waals surface area contributed by atoms with E-state index in [4.69, 9.17) is 17.3 Å². The normalized spacial score (nSPS) is 16.4. The van der Waals surface area contributed by atoms with Crippen LogP contribution >= 0.6 is 11.6 Å². The molecule has 0 spiro atoms. The Kier molecular flexibility index (Phi) is 5.41. The molecule has 2 rings (SSSR count). The fourth-order valence-electron chi connectivity index (χ4n) is 2.37. The number of amides is 3. The first-order valence-corrected chi connectivity index (χ1v) is 7.24. The van der Waals surface area contributed by atoms with E-state index >= 15 is 0 Å². The van der Waals surface area contributed by atoms with Crippen LogP contribution < -0.4 is 16.4 Å². The van der Waals surface area contributed by atoms with E-state index in [9.17, 15) is 9.59 Å². The molecule has 7 heteroatoms. The number of hydrogen-bond donors (Lipinski definition) is 3. The van der Waals surface area contributed by atoms with Crippen molar-refractivity contribution in [3.8, 4) is 0 Å². The second-order valence-electron chi connectivity index (χ2n) is 5.13. The molecule has 1 saturated heterocycles. The van der Waals surface area contributed by atoms with Gasteiger partial charge in [-0.15, -0.1) is 0 Å². The quantitative estimate of drug-likeness (QED) is 0.786. The van der Waals surface area contributed by atoms with E-state index in [1.54, 1.807) is 24.3 Å². The van der Waals surface area contributed by atoms with E-state index in [0.717, 1.165) is 25.9 Å². The summed E-state index contributed by atoms with van der Waals surface area (Å²) in [6.07, 6.45) is 1.60. The van der Waals surface area contributed by atoms with Gasteiger partial charge in [-0.25, -0.2) is 4.79 Å². The first-order chi connectivity index (χ1) is 10.0. The van der Waals surface area contributed by atoms with Gasteiger partial charge in [0.1, 0.15) is 0 Å². The van der Waals surface area contributed by atoms with Gasteiger partial charge in [-0.3, -0.25) is 9.69 Å². The predicted molar refractivity (Wildman–Crippen MR) is 82.3 cm³/mol. The molecule has 0 saturated carbocycles. The Morgan fingerprint density at radius 1 is 1.33 bits per heavy atom. The molecule has 1 aromatic carbocycles. The third kappa shape index (κ3) is 5.24. The van der Waals surface area contributed by atoms with Gasteiger partial charge in [-0.2, -0.15) is 0 Å². The highest BCUT2D eigenvalue weighted by Crippen LogP contribution is 2.15. The highest BCUT2D eigenvalue weighted by Gasteiger charge is 2.21. The fraction of sp³-hybridized carbons (Fsp3) is 0.429. The molecule has 1 aliphatic rings. The number of carbonyl (C=O) groups is 2. The molecule has 1 aliphatic heterocycles. The van der Waals surface area contributed by atoms with Crippen LogP contribution in [0.5, 0.6) is 0 Å². The Balaban J connectivity index is 1.75. The van der Waals surface area contributed by atoms with E-state index < -0.39 is 0 Å². The summed E-state index contributed by atoms with van der Waals surface area (Å²) >= 11 is 5.86. The number of anilines is 1. The van der Waals surface area contributed by atoms with Crippen LogP contribution in [-0.2, 0) is 4.79 Å². The average molecular weight is 311 g/mol. The lowest BCUT2D eigenvalue weighted by atomic mass is 10.1. The van der Waals surface area contributed by atoms with E-state index in [1.807, 2.05) is 4.90 Å². The summed E-state index contributed by atoms with van der Waals surface area (Å²) in [4.78, 5) is 24.7. The molecular formula is C14H19ClN4O2. The topological polar surface area (TPSA) is 87.5 Å². The Bertz CT molecular complexity index is 515. The van der Waals surface area contributed by atoms with E-state index in [-0.39, 0.29) is 24.5 Å². The number of nitrogens with zero attached hydrogens (tertiary/aromatic N) is 1. The third-order valence-electron chi connectivity index (χ3n) is 3.38. The van der Waals surface area contributed by atoms with Gasteiger partial charge in [0.2, 0.25) is 5.91 Å². The third-order valence-corrected chi connectivity index (χ3v) is 3.62. The Morgan fingerprint density at radius 3 is 2.67 bits per heavy atom. The van der Waals surface area contributed by atoms with Gasteiger partial charge in [-0.1, -0.05) is 17.7 Å². The summed E-state index contributed by atoms with van der Waals surface area (Å²) in [6.45, 7) is 1.79. The molecule has 114 valence electrons. The number of nitrogens with one attached hydrogen (secondary N) is 2. The van der Waals surface area contributed by atoms with Crippen molar-refractivity contribution in [2.24, 2.45) is 5.73 Å². The number of likely N-dealkylation sites (tertiary alicyclic amines) is 1. The zero-order valence-corrected chi connectivity index (χ0v) is 12.4. The summed E-state index contributed by atoms with van der Waals surface area (Å²) in [5.74, 6) is -0.319. The summed E-state index contributed by atoms with van der Waals surface area (Å²) in [7, 11) is 0. The molecule has 0 bridgehead atoms. The highest BCUT2D eigenvalue weighted by molar-refractivity contribution is 6.30. The smallest absolute Gasteiger partial charge is 0.319 e. The van der Waals surface area contributed by atoms with Crippen molar-refractivity contribution in [3.05, 3.63) is 29.3 Å². The lowest BCUT2D eigenvalue weighted by Gasteiger charge is -2.31. The monoisotopic (exact) mass is 310 g/mol. The molecular weight excluding hydrogens is 292 g/mol. The molecule has 1 heterocycles. The van der Waals surface area contributed by atoms with Gasteiger partial charge in [0, 0.05) is 29.8 Å². The molecule has 6 nitrogen and oxygen atoms in total. The van der Waals surface area contributed by atoms with Gasteiger partial charge >= 0.3 is 6.03 Å². The lowest BCUT2D eigenvalue weighted by Crippen LogP contribution is -2.47. The minimum absolute atomic E-state index is 0.105. The standard InChI is InChI=1S/C14H19ClN4O2/c15-10-2-1-3-12(8-10)18-14(21)17-11-4-6-19(7-5-11)9-13(16)20/h1-3,8,11H,4-7,9H2,(H2,16,20)(H2,17,18,21). The SMILES string of the molecule is NC(=O)CN1CCC(NC(=O)Nc2cccc(Cl)c2)CC1. The maximum atomic E-state index is 11.9. The summed E-state index contributed by atoms with van der Waals surface area (Å²) in [5.41, 5.74) is 5.82. The second-order valence-corrected chi connectivity index (χ2v) is 5.56. The second kappa shape index (κ2) is 7.28. The van der Waals surface area contributed by atoms with Crippen LogP contribution in [0, 0.1) is 0 Å². The van der Waals surface area contributed by atoms with Gasteiger partial charge in [0.25, 0.3) is 0 Å². The van der Waals surface area contributed by atoms with Crippen LogP contribution in [-0.4, -0.2) is 42.5 Å². The van der Waals surface area contributed by atoms with E-state index in [0.29, 0.717) is 10.7 Å². The van der Waals surface area contributed by atoms with Crippen LogP contribution in [0.4, 0.5) is 10.5 Å². The maximum absolute atomic E-state index is 11.9. The molecule has 1 aromatic rings. The first kappa shape index (κ1) is 15.6. The maximum Gasteiger partial charge on any atom is 0.319 e. The van der Waals surface area contributed by atoms with Crippen molar-refractivity contribution in [3.63, 3.8) is 0 Å². The molecule has 0 radical (unpaired) electrons. The van der Waals surface area contributed by atoms with Crippen molar-refractivity contribution in [2.45, 2.75) is 18.9 Å². The zero-order valence-electron chi connectivity index (χ0n) is 11.6. The summed E-state index contributed by atoms with van der Waals surface area (Å²) in [6, 6.07) is 6.86. The van der Waals surface area contributed by atoms with Gasteiger partial charge in [0.05, 0.1) is 6.54 Å². The zero-order chi connectivity index (χ0) is 15.2. The number of rotatable bonds is 4. The van der Waals surface area contributed by atoms with Gasteiger partial charge in [0.15, 0.2) is 0 Å². The van der Waals surface area contributed by atoms with Crippen LogP contribution in [0.2, 0.25) is 5.02 Å². The van der Waals surface area contributed by atoms with E-state index in [2.05, 4.69) is 10.6 Å². The number of piperidine rings is 1. The molecule has 0 aliphatic carbocycles.